The summed E-state index contributed by atoms with van der Waals surface area (Å²) < 4.78 is 23.4. The van der Waals surface area contributed by atoms with Crippen LogP contribution in [0.5, 0.6) is 0 Å². The van der Waals surface area contributed by atoms with E-state index in [-0.39, 0.29) is 46.6 Å². The second-order valence-electron chi connectivity index (χ2n) is 11.0. The Balaban J connectivity index is 1.88. The van der Waals surface area contributed by atoms with E-state index in [1.807, 2.05) is 0 Å². The quantitative estimate of drug-likeness (QED) is 0.641. The average molecular weight is 423 g/mol. The normalized spacial score (nSPS) is 46.9. The Morgan fingerprint density at radius 2 is 1.77 bits per heavy atom. The van der Waals surface area contributed by atoms with Gasteiger partial charge >= 0.3 is 11.9 Å². The van der Waals surface area contributed by atoms with Gasteiger partial charge in [-0.1, -0.05) is 27.2 Å². The Kier molecular flexibility index (Phi) is 5.50. The Morgan fingerprint density at radius 1 is 1.03 bits per heavy atom. The molecule has 6 heteroatoms. The summed E-state index contributed by atoms with van der Waals surface area (Å²) in [7, 11) is 3.13. The monoisotopic (exact) mass is 422 g/mol. The van der Waals surface area contributed by atoms with Gasteiger partial charge < -0.3 is 18.9 Å². The molecule has 0 amide bonds. The lowest BCUT2D eigenvalue weighted by Gasteiger charge is -2.67. The molecule has 8 atom stereocenters. The summed E-state index contributed by atoms with van der Waals surface area (Å²) in [5, 5.41) is 0. The molecular weight excluding hydrogens is 384 g/mol. The molecule has 4 fully saturated rings. The first kappa shape index (κ1) is 22.1. The number of fused-ring (bicyclic) bond motifs is 2. The molecule has 170 valence electrons. The SMILES string of the molecule is COC(=O)C1CCC2C3(C)CCCC(C)(C)C3CC(OC(C)=O)C23C(OC)OCC13. The summed E-state index contributed by atoms with van der Waals surface area (Å²) in [4.78, 5) is 25.0. The van der Waals surface area contributed by atoms with Gasteiger partial charge in [0.05, 0.1) is 25.0 Å². The van der Waals surface area contributed by atoms with Crippen molar-refractivity contribution in [2.75, 3.05) is 20.8 Å². The third-order valence-electron chi connectivity index (χ3n) is 9.44. The molecule has 1 aliphatic heterocycles. The van der Waals surface area contributed by atoms with Crippen LogP contribution in [0, 0.1) is 39.9 Å². The van der Waals surface area contributed by atoms with Crippen molar-refractivity contribution in [2.24, 2.45) is 39.9 Å². The predicted molar refractivity (Wildman–Crippen MR) is 110 cm³/mol. The van der Waals surface area contributed by atoms with Gasteiger partial charge in [-0.2, -0.15) is 0 Å². The maximum absolute atomic E-state index is 12.7. The number of hydrogen-bond donors (Lipinski definition) is 0. The Morgan fingerprint density at radius 3 is 2.40 bits per heavy atom. The highest BCUT2D eigenvalue weighted by Crippen LogP contribution is 2.72. The molecule has 3 aliphatic carbocycles. The van der Waals surface area contributed by atoms with Crippen LogP contribution in [0.1, 0.15) is 66.2 Å². The average Bonchev–Trinajstić information content (AvgIpc) is 3.07. The summed E-state index contributed by atoms with van der Waals surface area (Å²) in [6.07, 6.45) is 5.25. The van der Waals surface area contributed by atoms with E-state index < -0.39 is 11.7 Å². The zero-order valence-corrected chi connectivity index (χ0v) is 19.4. The Labute approximate surface area is 180 Å². The predicted octanol–water partition coefficient (Wildman–Crippen LogP) is 3.96. The van der Waals surface area contributed by atoms with E-state index >= 15 is 0 Å². The van der Waals surface area contributed by atoms with Crippen LogP contribution in [-0.4, -0.2) is 45.2 Å². The first-order valence-corrected chi connectivity index (χ1v) is 11.5. The van der Waals surface area contributed by atoms with Crippen LogP contribution in [0.2, 0.25) is 0 Å². The van der Waals surface area contributed by atoms with Crippen LogP contribution < -0.4 is 0 Å². The molecule has 0 aromatic heterocycles. The molecule has 0 aromatic rings. The van der Waals surface area contributed by atoms with E-state index in [1.54, 1.807) is 7.11 Å². The van der Waals surface area contributed by atoms with E-state index in [0.717, 1.165) is 25.7 Å². The smallest absolute Gasteiger partial charge is 0.309 e. The number of rotatable bonds is 3. The summed E-state index contributed by atoms with van der Waals surface area (Å²) in [6.45, 7) is 9.10. The maximum atomic E-state index is 12.7. The first-order valence-electron chi connectivity index (χ1n) is 11.5. The summed E-state index contributed by atoms with van der Waals surface area (Å²) in [6, 6.07) is 0. The van der Waals surface area contributed by atoms with Crippen LogP contribution in [-0.2, 0) is 28.5 Å². The van der Waals surface area contributed by atoms with E-state index in [2.05, 4.69) is 20.8 Å². The topological polar surface area (TPSA) is 71.1 Å². The number of ether oxygens (including phenoxy) is 4. The van der Waals surface area contributed by atoms with Gasteiger partial charge in [-0.3, -0.25) is 9.59 Å². The lowest BCUT2D eigenvalue weighted by atomic mass is 9.37. The zero-order valence-electron chi connectivity index (χ0n) is 19.4. The van der Waals surface area contributed by atoms with Gasteiger partial charge in [-0.15, -0.1) is 0 Å². The molecule has 8 unspecified atom stereocenters. The third-order valence-corrected chi connectivity index (χ3v) is 9.44. The van der Waals surface area contributed by atoms with Gasteiger partial charge in [-0.05, 0) is 54.8 Å². The highest BCUT2D eigenvalue weighted by molar-refractivity contribution is 5.73. The van der Waals surface area contributed by atoms with E-state index in [0.29, 0.717) is 12.5 Å². The number of esters is 2. The van der Waals surface area contributed by atoms with E-state index in [1.165, 1.54) is 26.9 Å². The molecular formula is C24H38O6. The zero-order chi connectivity index (χ0) is 21.9. The summed E-state index contributed by atoms with van der Waals surface area (Å²) in [5.74, 6) is -0.0535. The number of hydrogen-bond acceptors (Lipinski definition) is 6. The second kappa shape index (κ2) is 7.47. The van der Waals surface area contributed by atoms with Crippen molar-refractivity contribution in [3.63, 3.8) is 0 Å². The molecule has 30 heavy (non-hydrogen) atoms. The standard InChI is InChI=1S/C24H38O6/c1-14(25)30-19-12-18-22(2,3)10-7-11-23(18,4)17-9-8-15(20(26)27-5)16-13-29-21(28-6)24(16,17)19/h15-19,21H,7-13H2,1-6H3. The number of carbonyl (C=O) groups is 2. The van der Waals surface area contributed by atoms with Gasteiger partial charge in [0.2, 0.25) is 0 Å². The maximum Gasteiger partial charge on any atom is 0.309 e. The first-order chi connectivity index (χ1) is 14.1. The number of methoxy groups -OCH3 is 2. The van der Waals surface area contributed by atoms with Crippen molar-refractivity contribution in [3.8, 4) is 0 Å². The van der Waals surface area contributed by atoms with Crippen LogP contribution >= 0.6 is 0 Å². The molecule has 1 saturated heterocycles. The molecule has 1 spiro atoms. The molecule has 0 radical (unpaired) electrons. The van der Waals surface area contributed by atoms with Gasteiger partial charge in [0.15, 0.2) is 6.29 Å². The third kappa shape index (κ3) is 2.89. The molecule has 3 saturated carbocycles. The van der Waals surface area contributed by atoms with Gasteiger partial charge in [0.1, 0.15) is 6.10 Å². The van der Waals surface area contributed by atoms with Crippen molar-refractivity contribution in [2.45, 2.75) is 78.6 Å². The molecule has 0 bridgehead atoms. The van der Waals surface area contributed by atoms with Crippen molar-refractivity contribution in [3.05, 3.63) is 0 Å². The van der Waals surface area contributed by atoms with Gasteiger partial charge in [-0.25, -0.2) is 0 Å². The van der Waals surface area contributed by atoms with Gasteiger partial charge in [0, 0.05) is 20.0 Å². The van der Waals surface area contributed by atoms with E-state index in [4.69, 9.17) is 18.9 Å². The highest BCUT2D eigenvalue weighted by Gasteiger charge is 2.74. The largest absolute Gasteiger partial charge is 0.469 e. The molecule has 4 rings (SSSR count). The molecule has 6 nitrogen and oxygen atoms in total. The van der Waals surface area contributed by atoms with E-state index in [9.17, 15) is 9.59 Å². The Bertz CT molecular complexity index is 704. The van der Waals surface area contributed by atoms with Crippen LogP contribution in [0.25, 0.3) is 0 Å². The molecule has 4 aliphatic rings. The van der Waals surface area contributed by atoms with Gasteiger partial charge in [0.25, 0.3) is 0 Å². The van der Waals surface area contributed by atoms with Crippen LogP contribution in [0.15, 0.2) is 0 Å². The fourth-order valence-electron chi connectivity index (χ4n) is 8.50. The summed E-state index contributed by atoms with van der Waals surface area (Å²) in [5.41, 5.74) is -0.234. The minimum absolute atomic E-state index is 0.0687. The number of carbonyl (C=O) groups excluding carboxylic acids is 2. The molecule has 0 aromatic carbocycles. The van der Waals surface area contributed by atoms with Crippen LogP contribution in [0.4, 0.5) is 0 Å². The molecule has 0 N–H and O–H groups in total. The fraction of sp³-hybridized carbons (Fsp3) is 0.917. The second-order valence-corrected chi connectivity index (χ2v) is 11.0. The fourth-order valence-corrected chi connectivity index (χ4v) is 8.50. The van der Waals surface area contributed by atoms with Crippen molar-refractivity contribution < 1.29 is 28.5 Å². The van der Waals surface area contributed by atoms with Crippen molar-refractivity contribution in [1.82, 2.24) is 0 Å². The lowest BCUT2D eigenvalue weighted by Crippen LogP contribution is -2.68. The van der Waals surface area contributed by atoms with Crippen molar-refractivity contribution >= 4 is 11.9 Å². The lowest BCUT2D eigenvalue weighted by molar-refractivity contribution is -0.280. The molecule has 1 heterocycles. The minimum atomic E-state index is -0.518. The Hall–Kier alpha value is -1.14. The minimum Gasteiger partial charge on any atom is -0.469 e. The highest BCUT2D eigenvalue weighted by atomic mass is 16.7. The van der Waals surface area contributed by atoms with Crippen LogP contribution in [0.3, 0.4) is 0 Å². The summed E-state index contributed by atoms with van der Waals surface area (Å²) >= 11 is 0. The van der Waals surface area contributed by atoms with Crippen molar-refractivity contribution in [1.29, 1.82) is 0 Å².